The van der Waals surface area contributed by atoms with Crippen molar-refractivity contribution in [1.82, 2.24) is 10.1 Å². The summed E-state index contributed by atoms with van der Waals surface area (Å²) in [5.74, 6) is -0.747. The highest BCUT2D eigenvalue weighted by atomic mass is 19.1. The highest BCUT2D eigenvalue weighted by Gasteiger charge is 2.19. The van der Waals surface area contributed by atoms with Crippen molar-refractivity contribution < 1.29 is 18.5 Å². The maximum absolute atomic E-state index is 13.0. The fraction of sp³-hybridized carbons (Fsp3) is 0.190. The van der Waals surface area contributed by atoms with Crippen LogP contribution in [0.5, 0.6) is 0 Å². The Labute approximate surface area is 166 Å². The van der Waals surface area contributed by atoms with E-state index in [9.17, 15) is 14.0 Å². The topological polar surface area (TPSA) is 101 Å². The van der Waals surface area contributed by atoms with Crippen molar-refractivity contribution >= 4 is 17.5 Å². The Kier molecular flexibility index (Phi) is 5.09. The van der Waals surface area contributed by atoms with Crippen molar-refractivity contribution in [2.24, 2.45) is 5.73 Å². The van der Waals surface area contributed by atoms with E-state index in [0.29, 0.717) is 23.6 Å². The molecule has 3 aromatic rings. The summed E-state index contributed by atoms with van der Waals surface area (Å²) in [5.41, 5.74) is 8.89. The Bertz CT molecular complexity index is 1060. The number of hydrogen-bond acceptors (Lipinski definition) is 5. The molecule has 2 aromatic carbocycles. The minimum atomic E-state index is -0.410. The van der Waals surface area contributed by atoms with Gasteiger partial charge < -0.3 is 15.6 Å². The predicted molar refractivity (Wildman–Crippen MR) is 104 cm³/mol. The van der Waals surface area contributed by atoms with Crippen molar-refractivity contribution in [3.8, 4) is 11.3 Å². The van der Waals surface area contributed by atoms with E-state index < -0.39 is 5.91 Å². The number of benzene rings is 2. The third-order valence-corrected chi connectivity index (χ3v) is 4.81. The Morgan fingerprint density at radius 2 is 1.93 bits per heavy atom. The van der Waals surface area contributed by atoms with E-state index in [1.807, 2.05) is 23.1 Å². The quantitative estimate of drug-likeness (QED) is 0.693. The van der Waals surface area contributed by atoms with Crippen LogP contribution in [-0.4, -0.2) is 35.0 Å². The zero-order valence-electron chi connectivity index (χ0n) is 15.5. The summed E-state index contributed by atoms with van der Waals surface area (Å²) in [6.45, 7) is 1.58. The number of carbonyl (C=O) groups is 2. The molecular weight excluding hydrogens is 375 g/mol. The van der Waals surface area contributed by atoms with E-state index in [1.165, 1.54) is 23.8 Å². The van der Waals surface area contributed by atoms with Crippen molar-refractivity contribution in [3.05, 3.63) is 71.2 Å². The summed E-state index contributed by atoms with van der Waals surface area (Å²) in [4.78, 5) is 25.7. The second kappa shape index (κ2) is 7.84. The lowest BCUT2D eigenvalue weighted by molar-refractivity contribution is -0.119. The van der Waals surface area contributed by atoms with Crippen LogP contribution in [0.4, 0.5) is 10.1 Å². The minimum absolute atomic E-state index is 0.123. The number of aromatic nitrogens is 1. The normalized spacial score (nSPS) is 13.7. The van der Waals surface area contributed by atoms with Gasteiger partial charge in [-0.15, -0.1) is 0 Å². The summed E-state index contributed by atoms with van der Waals surface area (Å²) in [6, 6.07) is 12.9. The van der Waals surface area contributed by atoms with Crippen LogP contribution in [-0.2, 0) is 17.8 Å². The molecule has 1 aromatic heterocycles. The molecular formula is C21H19FN4O3. The Morgan fingerprint density at radius 3 is 2.69 bits per heavy atom. The SMILES string of the molecule is NC(=O)CN1CCc2ccc(NC(=O)c3cc(-c4ccc(F)cc4)on3)cc2C1. The molecule has 4 rings (SSSR count). The molecule has 148 valence electrons. The number of anilines is 1. The standard InChI is InChI=1S/C21H19FN4O3/c22-16-4-1-14(2-5-16)19-10-18(25-29-19)21(28)24-17-6-3-13-7-8-26(12-20(23)27)11-15(13)9-17/h1-6,9-10H,7-8,11-12H2,(H2,23,27)(H,24,28). The van der Waals surface area contributed by atoms with Gasteiger partial charge >= 0.3 is 0 Å². The number of carbonyl (C=O) groups excluding carboxylic acids is 2. The number of hydrogen-bond donors (Lipinski definition) is 2. The van der Waals surface area contributed by atoms with Gasteiger partial charge in [0.25, 0.3) is 5.91 Å². The van der Waals surface area contributed by atoms with Crippen LogP contribution in [0.3, 0.4) is 0 Å². The van der Waals surface area contributed by atoms with Crippen LogP contribution in [0, 0.1) is 5.82 Å². The second-order valence-corrected chi connectivity index (χ2v) is 6.95. The van der Waals surface area contributed by atoms with E-state index >= 15 is 0 Å². The lowest BCUT2D eigenvalue weighted by atomic mass is 9.99. The number of fused-ring (bicyclic) bond motifs is 1. The van der Waals surface area contributed by atoms with Crippen molar-refractivity contribution in [2.75, 3.05) is 18.4 Å². The molecule has 1 aliphatic heterocycles. The molecule has 7 nitrogen and oxygen atoms in total. The number of amides is 2. The third-order valence-electron chi connectivity index (χ3n) is 4.81. The van der Waals surface area contributed by atoms with Gasteiger partial charge in [-0.25, -0.2) is 4.39 Å². The molecule has 0 atom stereocenters. The van der Waals surface area contributed by atoms with Gasteiger partial charge in [0.05, 0.1) is 6.54 Å². The largest absolute Gasteiger partial charge is 0.369 e. The summed E-state index contributed by atoms with van der Waals surface area (Å²) < 4.78 is 18.3. The molecule has 0 radical (unpaired) electrons. The zero-order chi connectivity index (χ0) is 20.4. The van der Waals surface area contributed by atoms with Gasteiger partial charge in [-0.3, -0.25) is 14.5 Å². The van der Waals surface area contributed by atoms with Gasteiger partial charge in [0.1, 0.15) is 5.82 Å². The molecule has 3 N–H and O–H groups in total. The minimum Gasteiger partial charge on any atom is -0.369 e. The number of nitrogens with one attached hydrogen (secondary N) is 1. The van der Waals surface area contributed by atoms with Crippen LogP contribution >= 0.6 is 0 Å². The Balaban J connectivity index is 1.46. The van der Waals surface area contributed by atoms with Gasteiger partial charge in [-0.1, -0.05) is 11.2 Å². The van der Waals surface area contributed by atoms with Crippen LogP contribution in [0.2, 0.25) is 0 Å². The summed E-state index contributed by atoms with van der Waals surface area (Å²) >= 11 is 0. The maximum Gasteiger partial charge on any atom is 0.277 e. The highest BCUT2D eigenvalue weighted by Crippen LogP contribution is 2.24. The first-order chi connectivity index (χ1) is 14.0. The van der Waals surface area contributed by atoms with Gasteiger partial charge in [-0.2, -0.15) is 0 Å². The smallest absolute Gasteiger partial charge is 0.277 e. The lowest BCUT2D eigenvalue weighted by Gasteiger charge is -2.28. The Hall–Kier alpha value is -3.52. The molecule has 2 heterocycles. The van der Waals surface area contributed by atoms with Gasteiger partial charge in [0.15, 0.2) is 11.5 Å². The molecule has 0 spiro atoms. The molecule has 0 bridgehead atoms. The first-order valence-electron chi connectivity index (χ1n) is 9.14. The molecule has 29 heavy (non-hydrogen) atoms. The number of halogens is 1. The molecule has 0 fully saturated rings. The zero-order valence-corrected chi connectivity index (χ0v) is 15.5. The summed E-state index contributed by atoms with van der Waals surface area (Å²) in [6.07, 6.45) is 0.821. The van der Waals surface area contributed by atoms with E-state index in [0.717, 1.165) is 18.5 Å². The molecule has 0 saturated carbocycles. The fourth-order valence-corrected chi connectivity index (χ4v) is 3.38. The summed E-state index contributed by atoms with van der Waals surface area (Å²) in [5, 5.41) is 6.61. The molecule has 2 amide bonds. The van der Waals surface area contributed by atoms with Crippen LogP contribution in [0.1, 0.15) is 21.6 Å². The van der Waals surface area contributed by atoms with E-state index in [2.05, 4.69) is 10.5 Å². The average molecular weight is 394 g/mol. The van der Waals surface area contributed by atoms with Crippen LogP contribution < -0.4 is 11.1 Å². The molecule has 0 unspecified atom stereocenters. The number of nitrogens with two attached hydrogens (primary N) is 1. The van der Waals surface area contributed by atoms with E-state index in [4.69, 9.17) is 10.3 Å². The van der Waals surface area contributed by atoms with Crippen LogP contribution in [0.25, 0.3) is 11.3 Å². The van der Waals surface area contributed by atoms with Gasteiger partial charge in [0.2, 0.25) is 5.91 Å². The molecule has 1 aliphatic rings. The Morgan fingerprint density at radius 1 is 1.14 bits per heavy atom. The van der Waals surface area contributed by atoms with Crippen LogP contribution in [0.15, 0.2) is 53.1 Å². The summed E-state index contributed by atoms with van der Waals surface area (Å²) in [7, 11) is 0. The molecule has 8 heteroatoms. The van der Waals surface area contributed by atoms with Crippen molar-refractivity contribution in [1.29, 1.82) is 0 Å². The number of nitrogens with zero attached hydrogens (tertiary/aromatic N) is 2. The van der Waals surface area contributed by atoms with E-state index in [1.54, 1.807) is 12.1 Å². The number of rotatable bonds is 5. The predicted octanol–water partition coefficient (Wildman–Crippen LogP) is 2.58. The van der Waals surface area contributed by atoms with Crippen molar-refractivity contribution in [2.45, 2.75) is 13.0 Å². The second-order valence-electron chi connectivity index (χ2n) is 6.95. The first kappa shape index (κ1) is 18.8. The third kappa shape index (κ3) is 4.33. The number of primary amides is 1. The molecule has 0 saturated heterocycles. The average Bonchev–Trinajstić information content (AvgIpc) is 3.18. The van der Waals surface area contributed by atoms with Gasteiger partial charge in [0, 0.05) is 30.4 Å². The van der Waals surface area contributed by atoms with Gasteiger partial charge in [-0.05, 0) is 53.9 Å². The fourth-order valence-electron chi connectivity index (χ4n) is 3.38. The maximum atomic E-state index is 13.0. The lowest BCUT2D eigenvalue weighted by Crippen LogP contribution is -2.37. The molecule has 0 aliphatic carbocycles. The monoisotopic (exact) mass is 394 g/mol. The highest BCUT2D eigenvalue weighted by molar-refractivity contribution is 6.03. The van der Waals surface area contributed by atoms with E-state index in [-0.39, 0.29) is 24.0 Å². The first-order valence-corrected chi connectivity index (χ1v) is 9.14. The van der Waals surface area contributed by atoms with Crippen molar-refractivity contribution in [3.63, 3.8) is 0 Å².